The van der Waals surface area contributed by atoms with Gasteiger partial charge < -0.3 is 4.74 Å². The Balaban J connectivity index is 2.90. The highest BCUT2D eigenvalue weighted by Crippen LogP contribution is 2.23. The molecule has 0 unspecified atom stereocenters. The molecule has 1 aliphatic rings. The number of cyclic esters (lactones) is 1. The molecule has 0 bridgehead atoms. The van der Waals surface area contributed by atoms with E-state index in [0.29, 0.717) is 0 Å². The third-order valence-electron chi connectivity index (χ3n) is 1.94. The molecule has 0 amide bonds. The smallest absolute Gasteiger partial charge is 0.334 e. The Hall–Kier alpha value is -0.790. The van der Waals surface area contributed by atoms with E-state index < -0.39 is 0 Å². The summed E-state index contributed by atoms with van der Waals surface area (Å²) in [6, 6.07) is 0. The number of rotatable bonds is 1. The minimum absolute atomic E-state index is 0.0116. The second-order valence-electron chi connectivity index (χ2n) is 2.55. The number of carbonyl (C=O) groups excluding carboxylic acids is 1. The molecule has 0 N–H and O–H groups in total. The summed E-state index contributed by atoms with van der Waals surface area (Å²) in [7, 11) is 0. The van der Waals surface area contributed by atoms with Gasteiger partial charge in [-0.3, -0.25) is 0 Å². The van der Waals surface area contributed by atoms with Gasteiger partial charge in [-0.15, -0.1) is 0 Å². The minimum atomic E-state index is -0.149. The topological polar surface area (TPSA) is 26.3 Å². The van der Waals surface area contributed by atoms with Crippen molar-refractivity contribution in [1.82, 2.24) is 0 Å². The quantitative estimate of drug-likeness (QED) is 0.518. The van der Waals surface area contributed by atoms with Gasteiger partial charge >= 0.3 is 5.97 Å². The van der Waals surface area contributed by atoms with E-state index in [1.807, 2.05) is 20.8 Å². The molecule has 1 heterocycles. The zero-order chi connectivity index (χ0) is 7.72. The van der Waals surface area contributed by atoms with Gasteiger partial charge in [0.2, 0.25) is 0 Å². The number of carbonyl (C=O) groups is 1. The van der Waals surface area contributed by atoms with Crippen molar-refractivity contribution < 1.29 is 9.53 Å². The van der Waals surface area contributed by atoms with Gasteiger partial charge in [-0.25, -0.2) is 4.79 Å². The normalized spacial score (nSPS) is 25.5. The van der Waals surface area contributed by atoms with E-state index in [1.165, 1.54) is 0 Å². The van der Waals surface area contributed by atoms with Crippen molar-refractivity contribution in [2.45, 2.75) is 33.3 Å². The Morgan fingerprint density at radius 3 is 2.40 bits per heavy atom. The summed E-state index contributed by atoms with van der Waals surface area (Å²) in [5.41, 5.74) is 1.94. The second kappa shape index (κ2) is 2.45. The molecule has 1 atom stereocenters. The van der Waals surface area contributed by atoms with Crippen LogP contribution in [-0.4, -0.2) is 12.1 Å². The molecule has 0 spiro atoms. The first-order chi connectivity index (χ1) is 4.66. The van der Waals surface area contributed by atoms with Crippen molar-refractivity contribution >= 4 is 5.97 Å². The fourth-order valence-corrected chi connectivity index (χ4v) is 1.31. The summed E-state index contributed by atoms with van der Waals surface area (Å²) in [5, 5.41) is 0. The Morgan fingerprint density at radius 1 is 1.60 bits per heavy atom. The first kappa shape index (κ1) is 7.32. The SMILES string of the molecule is CCC1=C(C)C(=O)O[C@@H]1C. The van der Waals surface area contributed by atoms with E-state index in [0.717, 1.165) is 17.6 Å². The molecule has 1 aliphatic heterocycles. The van der Waals surface area contributed by atoms with Crippen LogP contribution >= 0.6 is 0 Å². The van der Waals surface area contributed by atoms with Gasteiger partial charge in [-0.1, -0.05) is 6.92 Å². The Kier molecular flexibility index (Phi) is 1.79. The molecule has 10 heavy (non-hydrogen) atoms. The number of hydrogen-bond acceptors (Lipinski definition) is 2. The lowest BCUT2D eigenvalue weighted by Crippen LogP contribution is -2.05. The van der Waals surface area contributed by atoms with Gasteiger partial charge in [0.25, 0.3) is 0 Å². The molecular formula is C8H12O2. The van der Waals surface area contributed by atoms with Gasteiger partial charge in [0, 0.05) is 5.57 Å². The molecule has 0 saturated heterocycles. The number of ether oxygens (including phenoxy) is 1. The van der Waals surface area contributed by atoms with Crippen LogP contribution in [0.25, 0.3) is 0 Å². The third-order valence-corrected chi connectivity index (χ3v) is 1.94. The van der Waals surface area contributed by atoms with Crippen LogP contribution < -0.4 is 0 Å². The molecule has 0 aromatic heterocycles. The molecular weight excluding hydrogens is 128 g/mol. The molecule has 2 nitrogen and oxygen atoms in total. The van der Waals surface area contributed by atoms with E-state index in [1.54, 1.807) is 0 Å². The van der Waals surface area contributed by atoms with Crippen LogP contribution in [0.15, 0.2) is 11.1 Å². The van der Waals surface area contributed by atoms with Crippen LogP contribution in [0.3, 0.4) is 0 Å². The maximum atomic E-state index is 10.9. The molecule has 0 radical (unpaired) electrons. The van der Waals surface area contributed by atoms with Gasteiger partial charge in [-0.2, -0.15) is 0 Å². The Bertz CT molecular complexity index is 191. The largest absolute Gasteiger partial charge is 0.455 e. The van der Waals surface area contributed by atoms with Gasteiger partial charge in [0.05, 0.1) is 0 Å². The summed E-state index contributed by atoms with van der Waals surface area (Å²) in [6.45, 7) is 5.77. The maximum Gasteiger partial charge on any atom is 0.334 e. The van der Waals surface area contributed by atoms with E-state index in [9.17, 15) is 4.79 Å². The standard InChI is InChI=1S/C8H12O2/c1-4-7-5(2)8(9)10-6(7)3/h6H,4H2,1-3H3/t6-/m1/s1. The van der Waals surface area contributed by atoms with Crippen LogP contribution in [0, 0.1) is 0 Å². The molecule has 1 rings (SSSR count). The second-order valence-corrected chi connectivity index (χ2v) is 2.55. The molecule has 0 aromatic carbocycles. The Morgan fingerprint density at radius 2 is 2.20 bits per heavy atom. The van der Waals surface area contributed by atoms with Crippen molar-refractivity contribution in [2.75, 3.05) is 0 Å². The fraction of sp³-hybridized carbons (Fsp3) is 0.625. The first-order valence-electron chi connectivity index (χ1n) is 3.57. The van der Waals surface area contributed by atoms with Crippen LogP contribution in [0.2, 0.25) is 0 Å². The van der Waals surface area contributed by atoms with E-state index in [2.05, 4.69) is 0 Å². The third kappa shape index (κ3) is 0.939. The summed E-state index contributed by atoms with van der Waals surface area (Å²) >= 11 is 0. The predicted molar refractivity (Wildman–Crippen MR) is 38.5 cm³/mol. The highest BCUT2D eigenvalue weighted by atomic mass is 16.5. The molecule has 0 aliphatic carbocycles. The highest BCUT2D eigenvalue weighted by molar-refractivity contribution is 5.91. The van der Waals surface area contributed by atoms with Crippen molar-refractivity contribution in [3.05, 3.63) is 11.1 Å². The van der Waals surface area contributed by atoms with Gasteiger partial charge in [0.15, 0.2) is 0 Å². The number of hydrogen-bond donors (Lipinski definition) is 0. The summed E-state index contributed by atoms with van der Waals surface area (Å²) < 4.78 is 4.96. The zero-order valence-electron chi connectivity index (χ0n) is 6.60. The average Bonchev–Trinajstić information content (AvgIpc) is 2.09. The van der Waals surface area contributed by atoms with Crippen molar-refractivity contribution in [2.24, 2.45) is 0 Å². The van der Waals surface area contributed by atoms with Crippen LogP contribution in [0.5, 0.6) is 0 Å². The molecule has 2 heteroatoms. The predicted octanol–water partition coefficient (Wildman–Crippen LogP) is 1.66. The van der Waals surface area contributed by atoms with Crippen molar-refractivity contribution in [1.29, 1.82) is 0 Å². The monoisotopic (exact) mass is 140 g/mol. The van der Waals surface area contributed by atoms with E-state index in [4.69, 9.17) is 4.74 Å². The lowest BCUT2D eigenvalue weighted by atomic mass is 10.1. The molecule has 0 aromatic rings. The molecule has 56 valence electrons. The average molecular weight is 140 g/mol. The molecule has 0 fully saturated rings. The minimum Gasteiger partial charge on any atom is -0.455 e. The number of esters is 1. The Labute approximate surface area is 60.9 Å². The fourth-order valence-electron chi connectivity index (χ4n) is 1.31. The first-order valence-corrected chi connectivity index (χ1v) is 3.57. The van der Waals surface area contributed by atoms with Crippen LogP contribution in [0.4, 0.5) is 0 Å². The summed E-state index contributed by atoms with van der Waals surface area (Å²) in [4.78, 5) is 10.9. The lowest BCUT2D eigenvalue weighted by molar-refractivity contribution is -0.139. The highest BCUT2D eigenvalue weighted by Gasteiger charge is 2.25. The maximum absolute atomic E-state index is 10.9. The van der Waals surface area contributed by atoms with Crippen LogP contribution in [0.1, 0.15) is 27.2 Å². The summed E-state index contributed by atoms with van der Waals surface area (Å²) in [6.07, 6.45) is 0.927. The summed E-state index contributed by atoms with van der Waals surface area (Å²) in [5.74, 6) is -0.149. The van der Waals surface area contributed by atoms with E-state index in [-0.39, 0.29) is 12.1 Å². The zero-order valence-corrected chi connectivity index (χ0v) is 6.60. The lowest BCUT2D eigenvalue weighted by Gasteiger charge is -2.04. The molecule has 0 saturated carbocycles. The van der Waals surface area contributed by atoms with Crippen molar-refractivity contribution in [3.8, 4) is 0 Å². The van der Waals surface area contributed by atoms with Gasteiger partial charge in [0.1, 0.15) is 6.10 Å². The van der Waals surface area contributed by atoms with Crippen LogP contribution in [-0.2, 0) is 9.53 Å². The van der Waals surface area contributed by atoms with Crippen molar-refractivity contribution in [3.63, 3.8) is 0 Å². The van der Waals surface area contributed by atoms with Gasteiger partial charge in [-0.05, 0) is 25.8 Å². The van der Waals surface area contributed by atoms with E-state index >= 15 is 0 Å².